The van der Waals surface area contributed by atoms with Gasteiger partial charge in [0.25, 0.3) is 16.4 Å². The second-order valence-corrected chi connectivity index (χ2v) is 13.8. The fraction of sp³-hybridized carbons (Fsp3) is 0.333. The highest BCUT2D eigenvalue weighted by Crippen LogP contribution is 2.42. The number of alkyl carbamates (subject to hydrolysis) is 1. The normalized spacial score (nSPS) is 15.6. The Bertz CT molecular complexity index is 1610. The molecule has 0 bridgehead atoms. The number of carbonyl (C=O) groups excluding carboxylic acids is 1. The van der Waals surface area contributed by atoms with Crippen LogP contribution in [0.25, 0.3) is 11.1 Å². The minimum atomic E-state index is -4.33. The number of nitrogens with one attached hydrogen (secondary N) is 2. The Kier molecular flexibility index (Phi) is 8.66. The molecule has 3 aromatic rings. The SMILES string of the molecule is CC(C)(C)OC(=O)NCCNS(=O)(=O)c1ccc(-c2ccnc3c2CC(C(F)F)N3S(=O)(=O)c2ccccc2)cc1. The number of carbonyl (C=O) groups is 1. The second-order valence-electron chi connectivity index (χ2n) is 10.2. The number of halogens is 2. The molecule has 2 heterocycles. The number of ether oxygens (including phenoxy) is 1. The van der Waals surface area contributed by atoms with Crippen molar-refractivity contribution < 1.29 is 35.1 Å². The van der Waals surface area contributed by atoms with Gasteiger partial charge in [-0.25, -0.2) is 44.4 Å². The maximum atomic E-state index is 14.1. The molecule has 1 unspecified atom stereocenters. The lowest BCUT2D eigenvalue weighted by Gasteiger charge is -2.25. The first-order valence-electron chi connectivity index (χ1n) is 12.6. The highest BCUT2D eigenvalue weighted by Gasteiger charge is 2.45. The highest BCUT2D eigenvalue weighted by atomic mass is 32.2. The number of hydrogen-bond acceptors (Lipinski definition) is 7. The summed E-state index contributed by atoms with van der Waals surface area (Å²) in [6.07, 6.45) is -2.58. The molecule has 0 saturated heterocycles. The van der Waals surface area contributed by atoms with Crippen molar-refractivity contribution in [1.29, 1.82) is 0 Å². The van der Waals surface area contributed by atoms with Crippen LogP contribution in [0.1, 0.15) is 26.3 Å². The standard InChI is InChI=1S/C27H30F2N4O6S2/c1-27(2,3)39-26(34)31-15-16-32-40(35,36)19-11-9-18(10-12-19)21-13-14-30-25-22(21)17-23(24(28)29)33(25)41(37,38)20-7-5-4-6-8-20/h4-14,23-24,32H,15-17H2,1-3H3,(H,31,34). The van der Waals surface area contributed by atoms with Crippen molar-refractivity contribution in [3.05, 3.63) is 72.4 Å². The summed E-state index contributed by atoms with van der Waals surface area (Å²) >= 11 is 0. The number of alkyl halides is 2. The van der Waals surface area contributed by atoms with Crippen molar-refractivity contribution >= 4 is 32.0 Å². The number of benzene rings is 2. The van der Waals surface area contributed by atoms with Crippen LogP contribution in [0.4, 0.5) is 19.4 Å². The van der Waals surface area contributed by atoms with Gasteiger partial charge < -0.3 is 10.1 Å². The van der Waals surface area contributed by atoms with Crippen molar-refractivity contribution in [3.8, 4) is 11.1 Å². The van der Waals surface area contributed by atoms with Gasteiger partial charge in [0.15, 0.2) is 0 Å². The summed E-state index contributed by atoms with van der Waals surface area (Å²) in [6, 6.07) is 12.9. The Balaban J connectivity index is 1.54. The third kappa shape index (κ3) is 6.82. The summed E-state index contributed by atoms with van der Waals surface area (Å²) in [5.41, 5.74) is 0.597. The van der Waals surface area contributed by atoms with Crippen LogP contribution in [0.5, 0.6) is 0 Å². The van der Waals surface area contributed by atoms with E-state index in [-0.39, 0.29) is 35.1 Å². The Morgan fingerprint density at radius 1 is 1.00 bits per heavy atom. The van der Waals surface area contributed by atoms with Gasteiger partial charge in [-0.2, -0.15) is 0 Å². The van der Waals surface area contributed by atoms with E-state index in [2.05, 4.69) is 15.0 Å². The number of nitrogens with zero attached hydrogens (tertiary/aromatic N) is 2. The van der Waals surface area contributed by atoms with E-state index >= 15 is 0 Å². The Hall–Kier alpha value is -3.62. The molecule has 14 heteroatoms. The zero-order valence-electron chi connectivity index (χ0n) is 22.5. The zero-order valence-corrected chi connectivity index (χ0v) is 24.2. The molecule has 10 nitrogen and oxygen atoms in total. The number of hydrogen-bond donors (Lipinski definition) is 2. The van der Waals surface area contributed by atoms with E-state index in [0.717, 1.165) is 0 Å². The van der Waals surface area contributed by atoms with E-state index in [0.29, 0.717) is 21.0 Å². The van der Waals surface area contributed by atoms with Crippen LogP contribution >= 0.6 is 0 Å². The summed E-state index contributed by atoms with van der Waals surface area (Å²) in [4.78, 5) is 15.7. The lowest BCUT2D eigenvalue weighted by atomic mass is 9.99. The molecule has 1 atom stereocenters. The van der Waals surface area contributed by atoms with Gasteiger partial charge >= 0.3 is 6.09 Å². The van der Waals surface area contributed by atoms with Crippen LogP contribution in [-0.2, 0) is 31.2 Å². The molecule has 2 aromatic carbocycles. The molecule has 41 heavy (non-hydrogen) atoms. The van der Waals surface area contributed by atoms with Gasteiger partial charge in [0.2, 0.25) is 10.0 Å². The number of sulfonamides is 2. The Morgan fingerprint density at radius 3 is 2.27 bits per heavy atom. The van der Waals surface area contributed by atoms with Crippen LogP contribution < -0.4 is 14.3 Å². The third-order valence-corrected chi connectivity index (χ3v) is 9.41. The van der Waals surface area contributed by atoms with Gasteiger partial charge in [0.05, 0.1) is 9.79 Å². The molecule has 0 saturated carbocycles. The van der Waals surface area contributed by atoms with E-state index in [1.165, 1.54) is 54.7 Å². The average molecular weight is 609 g/mol. The predicted molar refractivity (Wildman–Crippen MR) is 149 cm³/mol. The molecular formula is C27H30F2N4O6S2. The second kappa shape index (κ2) is 11.7. The Labute approximate surface area is 237 Å². The number of anilines is 1. The third-order valence-electron chi connectivity index (χ3n) is 6.11. The lowest BCUT2D eigenvalue weighted by Crippen LogP contribution is -2.42. The lowest BCUT2D eigenvalue weighted by molar-refractivity contribution is 0.0528. The predicted octanol–water partition coefficient (Wildman–Crippen LogP) is 3.94. The monoisotopic (exact) mass is 608 g/mol. The van der Waals surface area contributed by atoms with Crippen LogP contribution in [0.3, 0.4) is 0 Å². The van der Waals surface area contributed by atoms with Gasteiger partial charge in [0.1, 0.15) is 17.5 Å². The van der Waals surface area contributed by atoms with Gasteiger partial charge in [-0.3, -0.25) is 0 Å². The van der Waals surface area contributed by atoms with E-state index in [9.17, 15) is 30.4 Å². The minimum absolute atomic E-state index is 0.00305. The molecule has 0 spiro atoms. The molecule has 0 fully saturated rings. The van der Waals surface area contributed by atoms with Crippen LogP contribution in [0.15, 0.2) is 76.7 Å². The highest BCUT2D eigenvalue weighted by molar-refractivity contribution is 7.93. The molecule has 2 N–H and O–H groups in total. The zero-order chi connectivity index (χ0) is 30.0. The first kappa shape index (κ1) is 30.3. The number of rotatable bonds is 9. The quantitative estimate of drug-likeness (QED) is 0.352. The summed E-state index contributed by atoms with van der Waals surface area (Å²) < 4.78 is 88.6. The average Bonchev–Trinajstić information content (AvgIpc) is 3.32. The topological polar surface area (TPSA) is 135 Å². The molecule has 1 aliphatic heterocycles. The molecule has 0 radical (unpaired) electrons. The van der Waals surface area contributed by atoms with Crippen LogP contribution in [0.2, 0.25) is 0 Å². The van der Waals surface area contributed by atoms with Crippen molar-refractivity contribution in [2.45, 2.75) is 55.1 Å². The maximum Gasteiger partial charge on any atom is 0.407 e. The van der Waals surface area contributed by atoms with E-state index in [1.54, 1.807) is 32.9 Å². The van der Waals surface area contributed by atoms with E-state index in [4.69, 9.17) is 4.74 Å². The molecule has 4 rings (SSSR count). The fourth-order valence-electron chi connectivity index (χ4n) is 4.34. The number of pyridine rings is 1. The summed E-state index contributed by atoms with van der Waals surface area (Å²) in [5, 5.41) is 2.46. The number of fused-ring (bicyclic) bond motifs is 1. The van der Waals surface area contributed by atoms with Crippen molar-refractivity contribution in [1.82, 2.24) is 15.0 Å². The fourth-order valence-corrected chi connectivity index (χ4v) is 7.01. The van der Waals surface area contributed by atoms with Gasteiger partial charge in [-0.15, -0.1) is 0 Å². The molecule has 0 aliphatic carbocycles. The van der Waals surface area contributed by atoms with Gasteiger partial charge in [0, 0.05) is 31.3 Å². The summed E-state index contributed by atoms with van der Waals surface area (Å²) in [5.74, 6) is -0.0903. The Morgan fingerprint density at radius 2 is 1.66 bits per heavy atom. The summed E-state index contributed by atoms with van der Waals surface area (Å²) in [7, 11) is -8.25. The van der Waals surface area contributed by atoms with Crippen molar-refractivity contribution in [2.75, 3.05) is 17.4 Å². The molecule has 220 valence electrons. The number of amides is 1. The van der Waals surface area contributed by atoms with Crippen LogP contribution in [-0.4, -0.2) is 59.1 Å². The first-order valence-corrected chi connectivity index (χ1v) is 15.6. The maximum absolute atomic E-state index is 14.1. The van der Waals surface area contributed by atoms with E-state index in [1.807, 2.05) is 0 Å². The smallest absolute Gasteiger partial charge is 0.407 e. The van der Waals surface area contributed by atoms with Gasteiger partial charge in [-0.05, 0) is 62.2 Å². The molecule has 1 aliphatic rings. The minimum Gasteiger partial charge on any atom is -0.444 e. The molecule has 1 amide bonds. The largest absolute Gasteiger partial charge is 0.444 e. The van der Waals surface area contributed by atoms with Crippen molar-refractivity contribution in [2.24, 2.45) is 0 Å². The van der Waals surface area contributed by atoms with E-state index < -0.39 is 44.2 Å². The number of aromatic nitrogens is 1. The molecule has 1 aromatic heterocycles. The summed E-state index contributed by atoms with van der Waals surface area (Å²) in [6.45, 7) is 5.04. The van der Waals surface area contributed by atoms with Gasteiger partial charge in [-0.1, -0.05) is 30.3 Å². The molecular weight excluding hydrogens is 578 g/mol. The first-order chi connectivity index (χ1) is 19.2. The van der Waals surface area contributed by atoms with Crippen molar-refractivity contribution in [3.63, 3.8) is 0 Å². The van der Waals surface area contributed by atoms with Crippen LogP contribution in [0, 0.1) is 0 Å².